The lowest BCUT2D eigenvalue weighted by Gasteiger charge is -2.17. The molecule has 0 aliphatic carbocycles. The molecule has 8 heteroatoms. The van der Waals surface area contributed by atoms with E-state index in [1.165, 1.54) is 4.31 Å². The molecular formula is C13H19BrN2O4S. The molecule has 1 aromatic carbocycles. The number of methoxy groups -OCH3 is 2. The minimum atomic E-state index is -3.62. The van der Waals surface area contributed by atoms with Crippen LogP contribution in [0.2, 0.25) is 0 Å². The standard InChI is InChI=1S/C13H19BrN2O4S/c1-19-11-7-16(8-12(11)20-2)21(17,18)13-5-9(6-15)3-4-10(13)14/h3-5,11-12H,6-8,15H2,1-2H3. The smallest absolute Gasteiger partial charge is 0.244 e. The number of nitrogens with two attached hydrogens (primary N) is 1. The van der Waals surface area contributed by atoms with Crippen molar-refractivity contribution in [2.45, 2.75) is 23.6 Å². The van der Waals surface area contributed by atoms with E-state index in [0.29, 0.717) is 4.47 Å². The maximum Gasteiger partial charge on any atom is 0.244 e. The number of nitrogens with zero attached hydrogens (tertiary/aromatic N) is 1. The minimum Gasteiger partial charge on any atom is -0.377 e. The molecule has 2 unspecified atom stereocenters. The lowest BCUT2D eigenvalue weighted by molar-refractivity contribution is -0.00461. The number of benzene rings is 1. The van der Waals surface area contributed by atoms with Crippen LogP contribution in [0.1, 0.15) is 5.56 Å². The third-order valence-electron chi connectivity index (χ3n) is 3.64. The van der Waals surface area contributed by atoms with Crippen LogP contribution < -0.4 is 5.73 Å². The van der Waals surface area contributed by atoms with E-state index in [9.17, 15) is 8.42 Å². The zero-order valence-electron chi connectivity index (χ0n) is 12.0. The molecule has 0 bridgehead atoms. The van der Waals surface area contributed by atoms with Gasteiger partial charge in [-0.3, -0.25) is 0 Å². The summed E-state index contributed by atoms with van der Waals surface area (Å²) < 4.78 is 38.1. The van der Waals surface area contributed by atoms with E-state index < -0.39 is 10.0 Å². The van der Waals surface area contributed by atoms with Gasteiger partial charge in [-0.05, 0) is 33.6 Å². The number of hydrogen-bond acceptors (Lipinski definition) is 5. The molecule has 1 fully saturated rings. The Labute approximate surface area is 133 Å². The Bertz CT molecular complexity index is 596. The van der Waals surface area contributed by atoms with Gasteiger partial charge in [-0.2, -0.15) is 4.31 Å². The molecule has 1 saturated heterocycles. The van der Waals surface area contributed by atoms with Gasteiger partial charge < -0.3 is 15.2 Å². The van der Waals surface area contributed by atoms with E-state index in [2.05, 4.69) is 15.9 Å². The molecule has 1 aliphatic rings. The molecule has 2 atom stereocenters. The SMILES string of the molecule is COC1CN(S(=O)(=O)c2cc(CN)ccc2Br)CC1OC. The molecule has 1 heterocycles. The molecule has 0 amide bonds. The first-order chi connectivity index (χ1) is 9.93. The third kappa shape index (κ3) is 3.30. The van der Waals surface area contributed by atoms with Crippen LogP contribution in [-0.2, 0) is 26.0 Å². The zero-order valence-corrected chi connectivity index (χ0v) is 14.4. The largest absolute Gasteiger partial charge is 0.377 e. The van der Waals surface area contributed by atoms with E-state index >= 15 is 0 Å². The molecule has 0 saturated carbocycles. The first-order valence-electron chi connectivity index (χ1n) is 6.48. The molecule has 1 aromatic rings. The van der Waals surface area contributed by atoms with E-state index in [1.807, 2.05) is 0 Å². The van der Waals surface area contributed by atoms with Crippen molar-refractivity contribution in [2.24, 2.45) is 5.73 Å². The van der Waals surface area contributed by atoms with Crippen LogP contribution in [0.15, 0.2) is 27.6 Å². The topological polar surface area (TPSA) is 81.9 Å². The van der Waals surface area contributed by atoms with Crippen molar-refractivity contribution >= 4 is 26.0 Å². The van der Waals surface area contributed by atoms with Gasteiger partial charge >= 0.3 is 0 Å². The van der Waals surface area contributed by atoms with Crippen molar-refractivity contribution in [1.82, 2.24) is 4.31 Å². The number of halogens is 1. The second-order valence-corrected chi connectivity index (χ2v) is 7.60. The van der Waals surface area contributed by atoms with Gasteiger partial charge in [0.25, 0.3) is 0 Å². The second-order valence-electron chi connectivity index (χ2n) is 4.84. The van der Waals surface area contributed by atoms with Crippen LogP contribution >= 0.6 is 15.9 Å². The van der Waals surface area contributed by atoms with Gasteiger partial charge in [0.2, 0.25) is 10.0 Å². The fourth-order valence-corrected chi connectivity index (χ4v) is 4.81. The van der Waals surface area contributed by atoms with Gasteiger partial charge in [0.05, 0.1) is 17.1 Å². The van der Waals surface area contributed by atoms with Crippen LogP contribution in [0.4, 0.5) is 0 Å². The normalized spacial score (nSPS) is 23.6. The Hall–Kier alpha value is -0.510. The van der Waals surface area contributed by atoms with Crippen molar-refractivity contribution in [1.29, 1.82) is 0 Å². The maximum atomic E-state index is 12.8. The molecule has 0 radical (unpaired) electrons. The summed E-state index contributed by atoms with van der Waals surface area (Å²) in [6, 6.07) is 5.09. The molecule has 2 rings (SSSR count). The van der Waals surface area contributed by atoms with Gasteiger partial charge in [-0.15, -0.1) is 0 Å². The van der Waals surface area contributed by atoms with Crippen molar-refractivity contribution in [2.75, 3.05) is 27.3 Å². The first-order valence-corrected chi connectivity index (χ1v) is 8.71. The van der Waals surface area contributed by atoms with Crippen LogP contribution in [0.5, 0.6) is 0 Å². The Morgan fingerprint density at radius 3 is 2.33 bits per heavy atom. The summed E-state index contributed by atoms with van der Waals surface area (Å²) in [5.41, 5.74) is 6.36. The van der Waals surface area contributed by atoms with Crippen molar-refractivity contribution < 1.29 is 17.9 Å². The summed E-state index contributed by atoms with van der Waals surface area (Å²) in [6.45, 7) is 0.838. The summed E-state index contributed by atoms with van der Waals surface area (Å²) in [7, 11) is -0.510. The minimum absolute atomic E-state index is 0.219. The molecule has 1 aliphatic heterocycles. The van der Waals surface area contributed by atoms with Gasteiger partial charge in [0, 0.05) is 38.3 Å². The summed E-state index contributed by atoms with van der Waals surface area (Å²) >= 11 is 3.30. The lowest BCUT2D eigenvalue weighted by Crippen LogP contribution is -2.30. The molecule has 6 nitrogen and oxygen atoms in total. The highest BCUT2D eigenvalue weighted by Crippen LogP contribution is 2.29. The van der Waals surface area contributed by atoms with E-state index in [1.54, 1.807) is 32.4 Å². The summed E-state index contributed by atoms with van der Waals surface area (Å²) in [5, 5.41) is 0. The summed E-state index contributed by atoms with van der Waals surface area (Å²) in [6.07, 6.45) is -0.525. The molecule has 0 spiro atoms. The van der Waals surface area contributed by atoms with Gasteiger partial charge in [-0.25, -0.2) is 8.42 Å². The molecule has 2 N–H and O–H groups in total. The highest BCUT2D eigenvalue weighted by Gasteiger charge is 2.40. The van der Waals surface area contributed by atoms with E-state index in [-0.39, 0.29) is 36.7 Å². The maximum absolute atomic E-state index is 12.8. The number of sulfonamides is 1. The molecule has 21 heavy (non-hydrogen) atoms. The summed E-state index contributed by atoms with van der Waals surface area (Å²) in [5.74, 6) is 0. The Kier molecular flexibility index (Phi) is 5.39. The molecular weight excluding hydrogens is 360 g/mol. The van der Waals surface area contributed by atoms with Crippen molar-refractivity contribution in [3.63, 3.8) is 0 Å². The predicted molar refractivity (Wildman–Crippen MR) is 82.4 cm³/mol. The number of rotatable bonds is 5. The Morgan fingerprint density at radius 1 is 1.29 bits per heavy atom. The number of ether oxygens (including phenoxy) is 2. The van der Waals surface area contributed by atoms with E-state index in [4.69, 9.17) is 15.2 Å². The Balaban J connectivity index is 2.35. The fraction of sp³-hybridized carbons (Fsp3) is 0.538. The Morgan fingerprint density at radius 2 is 1.86 bits per heavy atom. The quantitative estimate of drug-likeness (QED) is 0.824. The van der Waals surface area contributed by atoms with Gasteiger partial charge in [0.1, 0.15) is 0 Å². The lowest BCUT2D eigenvalue weighted by atomic mass is 10.2. The number of hydrogen-bond donors (Lipinski definition) is 1. The summed E-state index contributed by atoms with van der Waals surface area (Å²) in [4.78, 5) is 0.219. The van der Waals surface area contributed by atoms with Crippen LogP contribution in [-0.4, -0.2) is 52.2 Å². The zero-order chi connectivity index (χ0) is 15.6. The molecule has 118 valence electrons. The predicted octanol–water partition coefficient (Wildman–Crippen LogP) is 0.942. The van der Waals surface area contributed by atoms with Crippen LogP contribution in [0, 0.1) is 0 Å². The first kappa shape index (κ1) is 16.9. The van der Waals surface area contributed by atoms with Gasteiger partial charge in [0.15, 0.2) is 0 Å². The van der Waals surface area contributed by atoms with Crippen LogP contribution in [0.25, 0.3) is 0 Å². The average Bonchev–Trinajstić information content (AvgIpc) is 2.91. The van der Waals surface area contributed by atoms with Gasteiger partial charge in [-0.1, -0.05) is 6.07 Å². The fourth-order valence-electron chi connectivity index (χ4n) is 2.37. The second kappa shape index (κ2) is 6.72. The van der Waals surface area contributed by atoms with E-state index in [0.717, 1.165) is 5.56 Å². The highest BCUT2D eigenvalue weighted by atomic mass is 79.9. The van der Waals surface area contributed by atoms with Crippen molar-refractivity contribution in [3.05, 3.63) is 28.2 Å². The monoisotopic (exact) mass is 378 g/mol. The highest BCUT2D eigenvalue weighted by molar-refractivity contribution is 9.10. The van der Waals surface area contributed by atoms with Crippen molar-refractivity contribution in [3.8, 4) is 0 Å². The van der Waals surface area contributed by atoms with Crippen LogP contribution in [0.3, 0.4) is 0 Å². The third-order valence-corrected chi connectivity index (χ3v) is 6.46. The molecule has 0 aromatic heterocycles. The average molecular weight is 379 g/mol.